The monoisotopic (exact) mass is 749 g/mol. The molecule has 12 aliphatic rings. The minimum atomic E-state index is -1.10. The predicted octanol–water partition coefficient (Wildman–Crippen LogP) is 8.32. The summed E-state index contributed by atoms with van der Waals surface area (Å²) in [4.78, 5) is 35.1. The summed E-state index contributed by atoms with van der Waals surface area (Å²) in [5.41, 5.74) is 8.18. The van der Waals surface area contributed by atoms with Crippen LogP contribution in [-0.2, 0) is 26.3 Å². The van der Waals surface area contributed by atoms with E-state index in [-0.39, 0.29) is 35.6 Å². The summed E-state index contributed by atoms with van der Waals surface area (Å²) < 4.78 is 13.6. The maximum Gasteiger partial charge on any atom is 0.339 e. The van der Waals surface area contributed by atoms with Crippen LogP contribution in [0.15, 0.2) is 53.1 Å². The molecule has 2 spiro atoms. The summed E-state index contributed by atoms with van der Waals surface area (Å²) in [5, 5.41) is 12.8. The van der Waals surface area contributed by atoms with Crippen LogP contribution in [0.2, 0.25) is 0 Å². The molecule has 13 rings (SSSR count). The Labute approximate surface area is 327 Å². The van der Waals surface area contributed by atoms with E-state index >= 15 is 4.79 Å². The molecule has 296 valence electrons. The number of carbonyl (C=O) groups excluding carboxylic acids is 2. The van der Waals surface area contributed by atoms with Crippen molar-refractivity contribution in [2.75, 3.05) is 32.7 Å². The second-order valence-electron chi connectivity index (χ2n) is 19.5. The van der Waals surface area contributed by atoms with Crippen LogP contribution in [0, 0.1) is 46.3 Å². The van der Waals surface area contributed by atoms with Gasteiger partial charge in [-0.3, -0.25) is 9.69 Å². The summed E-state index contributed by atoms with van der Waals surface area (Å²) in [6, 6.07) is 6.35. The molecule has 9 atom stereocenters. The smallest absolute Gasteiger partial charge is 0.339 e. The molecule has 4 aliphatic carbocycles. The van der Waals surface area contributed by atoms with E-state index in [9.17, 15) is 9.90 Å². The molecule has 1 aromatic rings. The average Bonchev–Trinajstić information content (AvgIpc) is 3.64. The van der Waals surface area contributed by atoms with E-state index in [2.05, 4.69) is 47.9 Å². The minimum absolute atomic E-state index is 0.170. The van der Waals surface area contributed by atoms with Crippen LogP contribution < -0.4 is 5.73 Å². The van der Waals surface area contributed by atoms with E-state index < -0.39 is 16.4 Å². The molecular formula is C47H63N3O5. The lowest BCUT2D eigenvalue weighted by atomic mass is 9.31. The fraction of sp³-hybridized carbons (Fsp3) is 0.702. The minimum Gasteiger partial charge on any atom is -0.509 e. The van der Waals surface area contributed by atoms with E-state index in [1.165, 1.54) is 49.8 Å². The van der Waals surface area contributed by atoms with Crippen LogP contribution in [0.3, 0.4) is 0 Å². The lowest BCUT2D eigenvalue weighted by molar-refractivity contribution is -0.272. The number of ether oxygens (including phenoxy) is 2. The highest BCUT2D eigenvalue weighted by Gasteiger charge is 2.91. The van der Waals surface area contributed by atoms with E-state index in [0.717, 1.165) is 75.8 Å². The number of nitrogens with two attached hydrogens (primary N) is 1. The van der Waals surface area contributed by atoms with Crippen LogP contribution in [-0.4, -0.2) is 65.6 Å². The summed E-state index contributed by atoms with van der Waals surface area (Å²) in [6.07, 6.45) is 20.7. The third-order valence-corrected chi connectivity index (χ3v) is 16.4. The number of fused-ring (bicyclic) bond motifs is 2. The number of nitrogens with zero attached hydrogens (tertiary/aromatic N) is 2. The molecule has 3 saturated heterocycles. The second-order valence-corrected chi connectivity index (χ2v) is 19.5. The van der Waals surface area contributed by atoms with Crippen molar-refractivity contribution in [3.8, 4) is 0 Å². The Morgan fingerprint density at radius 3 is 2.60 bits per heavy atom. The molecule has 8 heterocycles. The van der Waals surface area contributed by atoms with Gasteiger partial charge in [0, 0.05) is 61.7 Å². The molecular weight excluding hydrogens is 687 g/mol. The molecule has 0 radical (unpaired) electrons. The molecule has 5 fully saturated rings. The first-order valence-electron chi connectivity index (χ1n) is 22.3. The predicted molar refractivity (Wildman–Crippen MR) is 212 cm³/mol. The third kappa shape index (κ3) is 5.07. The summed E-state index contributed by atoms with van der Waals surface area (Å²) >= 11 is 0. The molecule has 8 aliphatic heterocycles. The van der Waals surface area contributed by atoms with Crippen molar-refractivity contribution >= 4 is 11.9 Å². The van der Waals surface area contributed by atoms with Crippen LogP contribution in [0.5, 0.6) is 0 Å². The van der Waals surface area contributed by atoms with Crippen LogP contribution in [0.4, 0.5) is 0 Å². The summed E-state index contributed by atoms with van der Waals surface area (Å²) in [7, 11) is 0. The van der Waals surface area contributed by atoms with Crippen molar-refractivity contribution in [2.24, 2.45) is 52.1 Å². The zero-order chi connectivity index (χ0) is 37.7. The number of aryl methyl sites for hydroxylation is 1. The number of esters is 2. The van der Waals surface area contributed by atoms with Gasteiger partial charge in [0.1, 0.15) is 11.2 Å². The van der Waals surface area contributed by atoms with E-state index in [1.807, 2.05) is 6.07 Å². The number of allylic oxidation sites excluding steroid dienone is 2. The van der Waals surface area contributed by atoms with Gasteiger partial charge < -0.3 is 25.2 Å². The fourth-order valence-corrected chi connectivity index (χ4v) is 14.4. The highest BCUT2D eigenvalue weighted by Crippen LogP contribution is 2.85. The number of aliphatic hydroxyl groups excluding tert-OH is 1. The molecule has 8 nitrogen and oxygen atoms in total. The van der Waals surface area contributed by atoms with Gasteiger partial charge in [-0.1, -0.05) is 88.3 Å². The fourth-order valence-electron chi connectivity index (χ4n) is 14.4. The number of benzene rings is 1. The van der Waals surface area contributed by atoms with Crippen LogP contribution >= 0.6 is 0 Å². The van der Waals surface area contributed by atoms with Gasteiger partial charge in [-0.05, 0) is 93.6 Å². The van der Waals surface area contributed by atoms with Gasteiger partial charge >= 0.3 is 11.9 Å². The lowest BCUT2D eigenvalue weighted by Gasteiger charge is -2.69. The number of piperidine rings is 2. The highest BCUT2D eigenvalue weighted by molar-refractivity contribution is 5.99. The number of aliphatic hydroxyl groups is 1. The quantitative estimate of drug-likeness (QED) is 0.212. The first-order valence-corrected chi connectivity index (χ1v) is 22.3. The van der Waals surface area contributed by atoms with Crippen molar-refractivity contribution in [1.29, 1.82) is 0 Å². The molecule has 3 N–H and O–H groups in total. The summed E-state index contributed by atoms with van der Waals surface area (Å²) in [5.74, 6) is 2.43. The van der Waals surface area contributed by atoms with Crippen LogP contribution in [0.1, 0.15) is 132 Å². The van der Waals surface area contributed by atoms with Crippen molar-refractivity contribution in [3.63, 3.8) is 0 Å². The topological polar surface area (TPSA) is 105 Å². The first-order chi connectivity index (χ1) is 26.7. The van der Waals surface area contributed by atoms with Gasteiger partial charge in [-0.2, -0.15) is 0 Å². The molecule has 2 saturated carbocycles. The SMILES string of the molecule is CCCC1C23C=C4CCC2(C(=C(O)CC(CC2CCCCC2)N2CC5CC(CN(C5)C5=CCC(C)CC45)C2)OC3=O)C12OC(=O)c1c(CCCN)cccc12. The number of hydrogen-bond donors (Lipinski definition) is 2. The van der Waals surface area contributed by atoms with Crippen LogP contribution in [0.25, 0.3) is 0 Å². The molecule has 55 heavy (non-hydrogen) atoms. The first kappa shape index (κ1) is 36.3. The largest absolute Gasteiger partial charge is 0.509 e. The van der Waals surface area contributed by atoms with E-state index in [0.29, 0.717) is 67.2 Å². The van der Waals surface area contributed by atoms with Crippen molar-refractivity contribution < 1.29 is 24.2 Å². The van der Waals surface area contributed by atoms with E-state index in [1.54, 1.807) is 0 Å². The number of carbonyl (C=O) groups is 2. The Bertz CT molecular complexity index is 1830. The number of hydrogen-bond acceptors (Lipinski definition) is 8. The Balaban J connectivity index is 1.19. The maximum absolute atomic E-state index is 15.2. The molecule has 9 unspecified atom stereocenters. The Kier molecular flexibility index (Phi) is 8.90. The van der Waals surface area contributed by atoms with Crippen molar-refractivity contribution in [2.45, 2.75) is 128 Å². The van der Waals surface area contributed by atoms with Gasteiger partial charge in [0.25, 0.3) is 0 Å². The molecule has 0 amide bonds. The molecule has 0 aromatic heterocycles. The standard InChI is InChI=1S/C47H63N3O5/c1-3-9-40-45-24-34-17-18-46(45,47(40)37-14-7-12-33(13-8-19-48)41(37)43(52)55-47)42(54-44(45)53)39(51)23-35(22-30-10-5-4-6-11-30)49-25-31-21-32(26-49)28-50(27-31)38-16-15-29(2)20-36(34)38/h7,12,14,16,24,29-32,35-36,40,51H,3-6,8-11,13,15,17-23,25-28,48H2,1-2H3. The summed E-state index contributed by atoms with van der Waals surface area (Å²) in [6.45, 7) is 9.39. The van der Waals surface area contributed by atoms with Gasteiger partial charge in [0.2, 0.25) is 0 Å². The molecule has 8 bridgehead atoms. The van der Waals surface area contributed by atoms with E-state index in [4.69, 9.17) is 15.2 Å². The zero-order valence-electron chi connectivity index (χ0n) is 33.3. The Hall–Kier alpha value is -3.10. The highest BCUT2D eigenvalue weighted by atomic mass is 16.6. The maximum atomic E-state index is 15.2. The van der Waals surface area contributed by atoms with Gasteiger partial charge in [-0.25, -0.2) is 4.79 Å². The van der Waals surface area contributed by atoms with Gasteiger partial charge in [0.15, 0.2) is 11.4 Å². The number of rotatable bonds is 7. The average molecular weight is 750 g/mol. The normalized spacial score (nSPS) is 40.5. The zero-order valence-corrected chi connectivity index (χ0v) is 33.3. The Morgan fingerprint density at radius 2 is 1.84 bits per heavy atom. The third-order valence-electron chi connectivity index (χ3n) is 16.4. The second kappa shape index (κ2) is 13.5. The van der Waals surface area contributed by atoms with Gasteiger partial charge in [-0.15, -0.1) is 0 Å². The van der Waals surface area contributed by atoms with Gasteiger partial charge in [0.05, 0.1) is 11.0 Å². The molecule has 1 aromatic carbocycles. The van der Waals surface area contributed by atoms with Crippen molar-refractivity contribution in [3.05, 3.63) is 69.8 Å². The lowest BCUT2D eigenvalue weighted by Crippen LogP contribution is -2.75. The van der Waals surface area contributed by atoms with Crippen molar-refractivity contribution in [1.82, 2.24) is 9.80 Å². The Morgan fingerprint density at radius 1 is 1.04 bits per heavy atom. The molecule has 8 heteroatoms.